The molecular formula is C12H20N2S. The average molecular weight is 224 g/mol. The Morgan fingerprint density at radius 3 is 3.13 bits per heavy atom. The van der Waals surface area contributed by atoms with Gasteiger partial charge in [0.15, 0.2) is 0 Å². The van der Waals surface area contributed by atoms with Gasteiger partial charge in [-0.05, 0) is 25.2 Å². The Balaban J connectivity index is 1.63. The van der Waals surface area contributed by atoms with Crippen molar-refractivity contribution in [3.63, 3.8) is 0 Å². The summed E-state index contributed by atoms with van der Waals surface area (Å²) in [6, 6.07) is 0.772. The van der Waals surface area contributed by atoms with Gasteiger partial charge in [-0.25, -0.2) is 4.98 Å². The summed E-state index contributed by atoms with van der Waals surface area (Å²) in [4.78, 5) is 4.29. The lowest BCUT2D eigenvalue weighted by Crippen LogP contribution is -2.28. The zero-order chi connectivity index (χ0) is 10.5. The second-order valence-electron chi connectivity index (χ2n) is 4.47. The number of thiazole rings is 1. The predicted octanol–water partition coefficient (Wildman–Crippen LogP) is 2.85. The summed E-state index contributed by atoms with van der Waals surface area (Å²) in [5, 5.41) is 5.79. The van der Waals surface area contributed by atoms with E-state index in [9.17, 15) is 0 Å². The van der Waals surface area contributed by atoms with E-state index >= 15 is 0 Å². The topological polar surface area (TPSA) is 24.9 Å². The van der Waals surface area contributed by atoms with Crippen LogP contribution in [0.2, 0.25) is 0 Å². The lowest BCUT2D eigenvalue weighted by molar-refractivity contribution is 0.478. The molecule has 1 fully saturated rings. The van der Waals surface area contributed by atoms with Crippen LogP contribution in [0.25, 0.3) is 0 Å². The molecule has 15 heavy (non-hydrogen) atoms. The third kappa shape index (κ3) is 3.28. The predicted molar refractivity (Wildman–Crippen MR) is 65.2 cm³/mol. The van der Waals surface area contributed by atoms with Crippen LogP contribution in [0.1, 0.15) is 38.3 Å². The normalized spacial score (nSPS) is 25.9. The van der Waals surface area contributed by atoms with E-state index in [1.807, 2.05) is 5.51 Å². The molecule has 0 spiro atoms. The summed E-state index contributed by atoms with van der Waals surface area (Å²) in [7, 11) is 0. The minimum atomic E-state index is 0.772. The summed E-state index contributed by atoms with van der Waals surface area (Å²) >= 11 is 1.69. The first-order valence-corrected chi connectivity index (χ1v) is 6.93. The molecule has 2 atom stereocenters. The molecule has 0 aliphatic heterocycles. The van der Waals surface area contributed by atoms with Gasteiger partial charge < -0.3 is 5.32 Å². The van der Waals surface area contributed by atoms with E-state index in [2.05, 4.69) is 22.6 Å². The fourth-order valence-corrected chi connectivity index (χ4v) is 2.99. The molecule has 3 heteroatoms. The van der Waals surface area contributed by atoms with Crippen LogP contribution in [0.5, 0.6) is 0 Å². The SMILES string of the molecule is CCC1CCC(NCCc2cscn2)C1. The van der Waals surface area contributed by atoms with E-state index in [0.29, 0.717) is 0 Å². The molecule has 0 radical (unpaired) electrons. The first-order chi connectivity index (χ1) is 7.38. The summed E-state index contributed by atoms with van der Waals surface area (Å²) in [6.07, 6.45) is 6.61. The molecule has 0 saturated heterocycles. The minimum Gasteiger partial charge on any atom is -0.314 e. The van der Waals surface area contributed by atoms with Crippen molar-refractivity contribution < 1.29 is 0 Å². The number of nitrogens with zero attached hydrogens (tertiary/aromatic N) is 1. The van der Waals surface area contributed by atoms with Crippen molar-refractivity contribution in [2.24, 2.45) is 5.92 Å². The number of aromatic nitrogens is 1. The highest BCUT2D eigenvalue weighted by molar-refractivity contribution is 7.07. The van der Waals surface area contributed by atoms with E-state index in [4.69, 9.17) is 0 Å². The van der Waals surface area contributed by atoms with Gasteiger partial charge in [0, 0.05) is 24.4 Å². The van der Waals surface area contributed by atoms with Crippen LogP contribution in [0.4, 0.5) is 0 Å². The maximum Gasteiger partial charge on any atom is 0.0794 e. The fraction of sp³-hybridized carbons (Fsp3) is 0.750. The van der Waals surface area contributed by atoms with Gasteiger partial charge in [0.05, 0.1) is 11.2 Å². The first-order valence-electron chi connectivity index (χ1n) is 5.99. The molecule has 1 heterocycles. The van der Waals surface area contributed by atoms with Gasteiger partial charge in [0.25, 0.3) is 0 Å². The van der Waals surface area contributed by atoms with E-state index in [0.717, 1.165) is 24.9 Å². The van der Waals surface area contributed by atoms with Crippen molar-refractivity contribution in [1.82, 2.24) is 10.3 Å². The van der Waals surface area contributed by atoms with E-state index in [-0.39, 0.29) is 0 Å². The number of hydrogen-bond donors (Lipinski definition) is 1. The third-order valence-corrected chi connectivity index (χ3v) is 4.05. The van der Waals surface area contributed by atoms with Gasteiger partial charge >= 0.3 is 0 Å². The molecule has 2 nitrogen and oxygen atoms in total. The first kappa shape index (κ1) is 11.1. The molecule has 1 N–H and O–H groups in total. The fourth-order valence-electron chi connectivity index (χ4n) is 2.40. The molecule has 0 amide bonds. The van der Waals surface area contributed by atoms with Crippen LogP contribution < -0.4 is 5.32 Å². The van der Waals surface area contributed by atoms with Crippen molar-refractivity contribution >= 4 is 11.3 Å². The molecule has 1 aliphatic carbocycles. The number of hydrogen-bond acceptors (Lipinski definition) is 3. The molecular weight excluding hydrogens is 204 g/mol. The summed E-state index contributed by atoms with van der Waals surface area (Å²) in [5.41, 5.74) is 3.15. The maximum absolute atomic E-state index is 4.29. The Labute approximate surface area is 96.1 Å². The summed E-state index contributed by atoms with van der Waals surface area (Å²) in [5.74, 6) is 0.974. The molecule has 0 bridgehead atoms. The van der Waals surface area contributed by atoms with Crippen LogP contribution in [0, 0.1) is 5.92 Å². The van der Waals surface area contributed by atoms with Crippen LogP contribution >= 0.6 is 11.3 Å². The van der Waals surface area contributed by atoms with Crippen molar-refractivity contribution in [3.05, 3.63) is 16.6 Å². The Hall–Kier alpha value is -0.410. The summed E-state index contributed by atoms with van der Waals surface area (Å²) < 4.78 is 0. The van der Waals surface area contributed by atoms with Crippen LogP contribution in [0.3, 0.4) is 0 Å². The minimum absolute atomic E-state index is 0.772. The van der Waals surface area contributed by atoms with Crippen LogP contribution in [-0.4, -0.2) is 17.6 Å². The Bertz CT molecular complexity index is 271. The van der Waals surface area contributed by atoms with Crippen molar-refractivity contribution in [3.8, 4) is 0 Å². The van der Waals surface area contributed by atoms with Gasteiger partial charge in [-0.1, -0.05) is 13.3 Å². The zero-order valence-corrected chi connectivity index (χ0v) is 10.2. The van der Waals surface area contributed by atoms with E-state index in [1.54, 1.807) is 11.3 Å². The summed E-state index contributed by atoms with van der Waals surface area (Å²) in [6.45, 7) is 3.40. The zero-order valence-electron chi connectivity index (χ0n) is 9.41. The smallest absolute Gasteiger partial charge is 0.0794 e. The van der Waals surface area contributed by atoms with Crippen LogP contribution in [0.15, 0.2) is 10.9 Å². The lowest BCUT2D eigenvalue weighted by atomic mass is 10.1. The highest BCUT2D eigenvalue weighted by atomic mass is 32.1. The Kier molecular flexibility index (Phi) is 4.15. The Morgan fingerprint density at radius 1 is 1.53 bits per heavy atom. The second-order valence-corrected chi connectivity index (χ2v) is 5.19. The maximum atomic E-state index is 4.29. The molecule has 84 valence electrons. The monoisotopic (exact) mass is 224 g/mol. The lowest BCUT2D eigenvalue weighted by Gasteiger charge is -2.11. The van der Waals surface area contributed by atoms with Gasteiger partial charge in [-0.3, -0.25) is 0 Å². The quantitative estimate of drug-likeness (QED) is 0.832. The van der Waals surface area contributed by atoms with Crippen molar-refractivity contribution in [2.45, 2.75) is 45.1 Å². The van der Waals surface area contributed by atoms with E-state index in [1.165, 1.54) is 31.4 Å². The van der Waals surface area contributed by atoms with Gasteiger partial charge in [-0.2, -0.15) is 0 Å². The third-order valence-electron chi connectivity index (χ3n) is 3.42. The molecule has 1 aromatic rings. The molecule has 2 rings (SSSR count). The highest BCUT2D eigenvalue weighted by Gasteiger charge is 2.22. The second kappa shape index (κ2) is 5.61. The molecule has 0 aromatic carbocycles. The number of nitrogens with one attached hydrogen (secondary N) is 1. The van der Waals surface area contributed by atoms with Crippen LogP contribution in [-0.2, 0) is 6.42 Å². The molecule has 1 saturated carbocycles. The standard InChI is InChI=1S/C12H20N2S/c1-2-10-3-4-11(7-10)13-6-5-12-8-15-9-14-12/h8-11,13H,2-7H2,1H3. The average Bonchev–Trinajstić information content (AvgIpc) is 2.88. The molecule has 2 unspecified atom stereocenters. The van der Waals surface area contributed by atoms with Crippen molar-refractivity contribution in [1.29, 1.82) is 0 Å². The number of rotatable bonds is 5. The molecule has 1 aromatic heterocycles. The highest BCUT2D eigenvalue weighted by Crippen LogP contribution is 2.27. The Morgan fingerprint density at radius 2 is 2.47 bits per heavy atom. The van der Waals surface area contributed by atoms with Gasteiger partial charge in [-0.15, -0.1) is 11.3 Å². The van der Waals surface area contributed by atoms with E-state index < -0.39 is 0 Å². The molecule has 1 aliphatic rings. The van der Waals surface area contributed by atoms with Gasteiger partial charge in [0.1, 0.15) is 0 Å². The van der Waals surface area contributed by atoms with Crippen molar-refractivity contribution in [2.75, 3.05) is 6.54 Å². The largest absolute Gasteiger partial charge is 0.314 e. The van der Waals surface area contributed by atoms with Gasteiger partial charge in [0.2, 0.25) is 0 Å².